The summed E-state index contributed by atoms with van der Waals surface area (Å²) in [6.45, 7) is 4.84. The molecule has 0 unspecified atom stereocenters. The van der Waals surface area contributed by atoms with Gasteiger partial charge in [-0.3, -0.25) is 0 Å². The standard InChI is InChI=1S/C10H18O/c1-8(2)10-5-3-9(7-11)4-6-10/h3,5,8-11H,4,6-7H2,1-2H3/t9-,10+/m1/s1. The molecule has 0 aliphatic heterocycles. The van der Waals surface area contributed by atoms with Gasteiger partial charge in [0.05, 0.1) is 0 Å². The van der Waals surface area contributed by atoms with Crippen molar-refractivity contribution >= 4 is 0 Å². The quantitative estimate of drug-likeness (QED) is 0.605. The van der Waals surface area contributed by atoms with Crippen LogP contribution in [0.4, 0.5) is 0 Å². The molecule has 2 atom stereocenters. The lowest BCUT2D eigenvalue weighted by molar-refractivity contribution is 0.228. The van der Waals surface area contributed by atoms with Crippen LogP contribution in [0.15, 0.2) is 12.2 Å². The van der Waals surface area contributed by atoms with Crippen LogP contribution in [-0.4, -0.2) is 11.7 Å². The second kappa shape index (κ2) is 3.91. The maximum Gasteiger partial charge on any atom is 0.0493 e. The highest BCUT2D eigenvalue weighted by atomic mass is 16.3. The van der Waals surface area contributed by atoms with Crippen LogP contribution in [0.1, 0.15) is 26.7 Å². The van der Waals surface area contributed by atoms with Crippen molar-refractivity contribution in [2.24, 2.45) is 17.8 Å². The van der Waals surface area contributed by atoms with Crippen molar-refractivity contribution in [2.75, 3.05) is 6.61 Å². The Balaban J connectivity index is 2.42. The van der Waals surface area contributed by atoms with Gasteiger partial charge in [0.2, 0.25) is 0 Å². The molecule has 0 spiro atoms. The van der Waals surface area contributed by atoms with Gasteiger partial charge in [0, 0.05) is 6.61 Å². The van der Waals surface area contributed by atoms with E-state index in [2.05, 4.69) is 26.0 Å². The van der Waals surface area contributed by atoms with E-state index in [0.717, 1.165) is 18.3 Å². The lowest BCUT2D eigenvalue weighted by atomic mass is 9.83. The van der Waals surface area contributed by atoms with E-state index in [0.29, 0.717) is 12.5 Å². The minimum Gasteiger partial charge on any atom is -0.396 e. The van der Waals surface area contributed by atoms with Crippen molar-refractivity contribution in [1.82, 2.24) is 0 Å². The van der Waals surface area contributed by atoms with Gasteiger partial charge in [0.15, 0.2) is 0 Å². The molecule has 0 aromatic heterocycles. The van der Waals surface area contributed by atoms with E-state index in [9.17, 15) is 0 Å². The molecular weight excluding hydrogens is 136 g/mol. The van der Waals surface area contributed by atoms with Gasteiger partial charge in [0.1, 0.15) is 0 Å². The Morgan fingerprint density at radius 2 is 2.09 bits per heavy atom. The third-order valence-corrected chi connectivity index (χ3v) is 2.59. The van der Waals surface area contributed by atoms with Crippen molar-refractivity contribution in [2.45, 2.75) is 26.7 Å². The third-order valence-electron chi connectivity index (χ3n) is 2.59. The predicted octanol–water partition coefficient (Wildman–Crippen LogP) is 2.22. The second-order valence-corrected chi connectivity index (χ2v) is 3.81. The SMILES string of the molecule is CC(C)[C@H]1C=C[C@@H](CO)CC1. The fraction of sp³-hybridized carbons (Fsp3) is 0.800. The molecule has 0 aromatic rings. The van der Waals surface area contributed by atoms with Gasteiger partial charge in [-0.25, -0.2) is 0 Å². The molecule has 64 valence electrons. The molecule has 0 saturated carbocycles. The summed E-state index contributed by atoms with van der Waals surface area (Å²) in [5.41, 5.74) is 0. The Morgan fingerprint density at radius 1 is 1.36 bits per heavy atom. The zero-order valence-electron chi connectivity index (χ0n) is 7.46. The first kappa shape index (κ1) is 8.79. The maximum absolute atomic E-state index is 8.86. The average molecular weight is 154 g/mol. The molecule has 1 aliphatic rings. The Bertz CT molecular complexity index is 138. The fourth-order valence-electron chi connectivity index (χ4n) is 1.61. The van der Waals surface area contributed by atoms with Gasteiger partial charge in [-0.1, -0.05) is 26.0 Å². The van der Waals surface area contributed by atoms with E-state index in [1.54, 1.807) is 0 Å². The lowest BCUT2D eigenvalue weighted by Gasteiger charge is -2.23. The van der Waals surface area contributed by atoms with Gasteiger partial charge in [-0.15, -0.1) is 0 Å². The molecule has 0 heterocycles. The Hall–Kier alpha value is -0.300. The smallest absolute Gasteiger partial charge is 0.0493 e. The molecule has 1 N–H and O–H groups in total. The molecule has 0 amide bonds. The Labute approximate surface area is 69.1 Å². The average Bonchev–Trinajstić information content (AvgIpc) is 2.05. The van der Waals surface area contributed by atoms with E-state index < -0.39 is 0 Å². The van der Waals surface area contributed by atoms with Crippen LogP contribution in [0.3, 0.4) is 0 Å². The van der Waals surface area contributed by atoms with Gasteiger partial charge in [-0.05, 0) is 30.6 Å². The van der Waals surface area contributed by atoms with E-state index >= 15 is 0 Å². The van der Waals surface area contributed by atoms with Gasteiger partial charge < -0.3 is 5.11 Å². The largest absolute Gasteiger partial charge is 0.396 e. The van der Waals surface area contributed by atoms with Crippen molar-refractivity contribution in [3.05, 3.63) is 12.2 Å². The summed E-state index contributed by atoms with van der Waals surface area (Å²) in [6.07, 6.45) is 6.86. The summed E-state index contributed by atoms with van der Waals surface area (Å²) < 4.78 is 0. The summed E-state index contributed by atoms with van der Waals surface area (Å²) in [4.78, 5) is 0. The highest BCUT2D eigenvalue weighted by Crippen LogP contribution is 2.26. The number of rotatable bonds is 2. The molecule has 0 radical (unpaired) electrons. The van der Waals surface area contributed by atoms with Crippen LogP contribution in [-0.2, 0) is 0 Å². The van der Waals surface area contributed by atoms with E-state index in [-0.39, 0.29) is 0 Å². The van der Waals surface area contributed by atoms with Crippen molar-refractivity contribution in [3.63, 3.8) is 0 Å². The number of allylic oxidation sites excluding steroid dienone is 1. The van der Waals surface area contributed by atoms with Gasteiger partial charge in [0.25, 0.3) is 0 Å². The lowest BCUT2D eigenvalue weighted by Crippen LogP contribution is -2.15. The Kier molecular flexibility index (Phi) is 3.13. The second-order valence-electron chi connectivity index (χ2n) is 3.81. The van der Waals surface area contributed by atoms with Crippen LogP contribution in [0, 0.1) is 17.8 Å². The first-order valence-electron chi connectivity index (χ1n) is 4.53. The Morgan fingerprint density at radius 3 is 2.45 bits per heavy atom. The van der Waals surface area contributed by atoms with Crippen LogP contribution >= 0.6 is 0 Å². The van der Waals surface area contributed by atoms with Crippen LogP contribution in [0.5, 0.6) is 0 Å². The van der Waals surface area contributed by atoms with E-state index in [1.807, 2.05) is 0 Å². The highest BCUT2D eigenvalue weighted by molar-refractivity contribution is 4.98. The number of hydrogen-bond acceptors (Lipinski definition) is 1. The van der Waals surface area contributed by atoms with Crippen molar-refractivity contribution in [1.29, 1.82) is 0 Å². The van der Waals surface area contributed by atoms with Crippen molar-refractivity contribution < 1.29 is 5.11 Å². The van der Waals surface area contributed by atoms with Gasteiger partial charge in [-0.2, -0.15) is 0 Å². The van der Waals surface area contributed by atoms with Gasteiger partial charge >= 0.3 is 0 Å². The zero-order valence-corrected chi connectivity index (χ0v) is 7.46. The summed E-state index contributed by atoms with van der Waals surface area (Å²) in [5.74, 6) is 1.94. The molecule has 0 bridgehead atoms. The fourth-order valence-corrected chi connectivity index (χ4v) is 1.61. The minimum absolute atomic E-state index is 0.321. The van der Waals surface area contributed by atoms with Crippen LogP contribution in [0.25, 0.3) is 0 Å². The molecule has 1 nitrogen and oxygen atoms in total. The predicted molar refractivity (Wildman–Crippen MR) is 47.3 cm³/mol. The van der Waals surface area contributed by atoms with E-state index in [4.69, 9.17) is 5.11 Å². The molecule has 0 fully saturated rings. The topological polar surface area (TPSA) is 20.2 Å². The minimum atomic E-state index is 0.321. The molecule has 1 rings (SSSR count). The first-order valence-corrected chi connectivity index (χ1v) is 4.53. The highest BCUT2D eigenvalue weighted by Gasteiger charge is 2.16. The summed E-state index contributed by atoms with van der Waals surface area (Å²) >= 11 is 0. The van der Waals surface area contributed by atoms with E-state index in [1.165, 1.54) is 6.42 Å². The zero-order chi connectivity index (χ0) is 8.27. The summed E-state index contributed by atoms with van der Waals surface area (Å²) in [5, 5.41) is 8.86. The molecule has 11 heavy (non-hydrogen) atoms. The molecular formula is C10H18O. The molecule has 1 aliphatic carbocycles. The molecule has 0 aromatic carbocycles. The number of aliphatic hydroxyl groups excluding tert-OH is 1. The number of aliphatic hydroxyl groups is 1. The maximum atomic E-state index is 8.86. The number of hydrogen-bond donors (Lipinski definition) is 1. The summed E-state index contributed by atoms with van der Waals surface area (Å²) in [7, 11) is 0. The van der Waals surface area contributed by atoms with Crippen molar-refractivity contribution in [3.8, 4) is 0 Å². The normalized spacial score (nSPS) is 31.3. The first-order chi connectivity index (χ1) is 5.24. The monoisotopic (exact) mass is 154 g/mol. The molecule has 0 saturated heterocycles. The summed E-state index contributed by atoms with van der Waals surface area (Å²) in [6, 6.07) is 0. The molecule has 1 heteroatoms. The van der Waals surface area contributed by atoms with Crippen LogP contribution in [0.2, 0.25) is 0 Å². The van der Waals surface area contributed by atoms with Crippen LogP contribution < -0.4 is 0 Å². The third kappa shape index (κ3) is 2.33.